The highest BCUT2D eigenvalue weighted by molar-refractivity contribution is 7.16. The Bertz CT molecular complexity index is 562. The van der Waals surface area contributed by atoms with Gasteiger partial charge in [-0.15, -0.1) is 12.4 Å². The van der Waals surface area contributed by atoms with E-state index in [1.807, 2.05) is 13.1 Å². The minimum Gasteiger partial charge on any atom is -0.316 e. The molecule has 2 rings (SSSR count). The van der Waals surface area contributed by atoms with Crippen LogP contribution in [0.4, 0.5) is 0 Å². The van der Waals surface area contributed by atoms with Crippen molar-refractivity contribution in [1.82, 2.24) is 9.88 Å². The summed E-state index contributed by atoms with van der Waals surface area (Å²) in [6.45, 7) is 4.24. The summed E-state index contributed by atoms with van der Waals surface area (Å²) in [5, 5.41) is 3.38. The number of fused-ring (bicyclic) bond motifs is 1. The predicted octanol–water partition coefficient (Wildman–Crippen LogP) is 2.56. The SMILES string of the molecule is CCCNCCc1ccc2c(c1)sc(=O)n2C.Cl. The van der Waals surface area contributed by atoms with Crippen molar-refractivity contribution < 1.29 is 0 Å². The third kappa shape index (κ3) is 3.34. The van der Waals surface area contributed by atoms with Gasteiger partial charge in [0.25, 0.3) is 0 Å². The van der Waals surface area contributed by atoms with Gasteiger partial charge in [0.2, 0.25) is 0 Å². The van der Waals surface area contributed by atoms with Gasteiger partial charge in [-0.25, -0.2) is 0 Å². The molecule has 0 saturated carbocycles. The molecule has 0 saturated heterocycles. The van der Waals surface area contributed by atoms with Crippen LogP contribution < -0.4 is 10.2 Å². The Hall–Kier alpha value is -0.840. The van der Waals surface area contributed by atoms with Gasteiger partial charge < -0.3 is 9.88 Å². The standard InChI is InChI=1S/C13H18N2OS.ClH/c1-3-7-14-8-6-10-4-5-11-12(9-10)17-13(16)15(11)2;/h4-5,9,14H,3,6-8H2,1-2H3;1H. The normalized spacial score (nSPS) is 10.6. The predicted molar refractivity (Wildman–Crippen MR) is 81.2 cm³/mol. The van der Waals surface area contributed by atoms with Gasteiger partial charge in [-0.05, 0) is 43.6 Å². The maximum atomic E-state index is 11.5. The molecule has 3 nitrogen and oxygen atoms in total. The summed E-state index contributed by atoms with van der Waals surface area (Å²) in [5.74, 6) is 0. The number of hydrogen-bond donors (Lipinski definition) is 1. The van der Waals surface area contributed by atoms with Crippen molar-refractivity contribution in [3.63, 3.8) is 0 Å². The Morgan fingerprint density at radius 3 is 2.83 bits per heavy atom. The van der Waals surface area contributed by atoms with E-state index >= 15 is 0 Å². The molecule has 100 valence electrons. The van der Waals surface area contributed by atoms with Crippen LogP contribution in [0.2, 0.25) is 0 Å². The molecule has 0 aliphatic rings. The van der Waals surface area contributed by atoms with E-state index < -0.39 is 0 Å². The van der Waals surface area contributed by atoms with E-state index in [0.29, 0.717) is 0 Å². The van der Waals surface area contributed by atoms with Crippen molar-refractivity contribution in [3.8, 4) is 0 Å². The lowest BCUT2D eigenvalue weighted by Gasteiger charge is -2.03. The van der Waals surface area contributed by atoms with Gasteiger partial charge in [0.15, 0.2) is 0 Å². The number of rotatable bonds is 5. The first kappa shape index (κ1) is 15.2. The van der Waals surface area contributed by atoms with Crippen molar-refractivity contribution in [2.24, 2.45) is 7.05 Å². The molecule has 1 aromatic heterocycles. The highest BCUT2D eigenvalue weighted by Gasteiger charge is 2.04. The van der Waals surface area contributed by atoms with Crippen molar-refractivity contribution >= 4 is 34.0 Å². The molecule has 18 heavy (non-hydrogen) atoms. The van der Waals surface area contributed by atoms with Crippen LogP contribution in [0, 0.1) is 0 Å². The van der Waals surface area contributed by atoms with Crippen LogP contribution in [0.5, 0.6) is 0 Å². The quantitative estimate of drug-likeness (QED) is 0.857. The highest BCUT2D eigenvalue weighted by atomic mass is 35.5. The van der Waals surface area contributed by atoms with E-state index in [1.54, 1.807) is 4.57 Å². The van der Waals surface area contributed by atoms with Crippen LogP contribution in [0.3, 0.4) is 0 Å². The molecule has 0 aliphatic heterocycles. The second-order valence-corrected chi connectivity index (χ2v) is 5.22. The number of thiazole rings is 1. The van der Waals surface area contributed by atoms with Crippen molar-refractivity contribution in [2.45, 2.75) is 19.8 Å². The Kier molecular flexibility index (Phi) is 5.85. The van der Waals surface area contributed by atoms with Gasteiger partial charge in [0.05, 0.1) is 10.2 Å². The minimum atomic E-state index is 0. The number of aromatic nitrogens is 1. The molecular formula is C13H19ClN2OS. The zero-order valence-corrected chi connectivity index (χ0v) is 12.4. The molecule has 0 fully saturated rings. The molecular weight excluding hydrogens is 268 g/mol. The second-order valence-electron chi connectivity index (χ2n) is 4.23. The molecule has 5 heteroatoms. The third-order valence-corrected chi connectivity index (χ3v) is 3.87. The van der Waals surface area contributed by atoms with E-state index in [1.165, 1.54) is 23.3 Å². The van der Waals surface area contributed by atoms with E-state index in [4.69, 9.17) is 0 Å². The second kappa shape index (κ2) is 6.92. The highest BCUT2D eigenvalue weighted by Crippen LogP contribution is 2.18. The first-order chi connectivity index (χ1) is 8.22. The molecule has 1 N–H and O–H groups in total. The maximum absolute atomic E-state index is 11.5. The number of aryl methyl sites for hydroxylation is 1. The third-order valence-electron chi connectivity index (χ3n) is 2.87. The van der Waals surface area contributed by atoms with Crippen molar-refractivity contribution in [1.29, 1.82) is 0 Å². The lowest BCUT2D eigenvalue weighted by molar-refractivity contribution is 0.671. The molecule has 0 amide bonds. The number of nitrogens with one attached hydrogen (secondary N) is 1. The molecule has 0 atom stereocenters. The topological polar surface area (TPSA) is 34.0 Å². The van der Waals surface area contributed by atoms with Gasteiger partial charge in [-0.1, -0.05) is 24.3 Å². The smallest absolute Gasteiger partial charge is 0.307 e. The number of halogens is 1. The Labute approximate surface area is 117 Å². The molecule has 1 heterocycles. The average Bonchev–Trinajstić information content (AvgIpc) is 2.61. The Morgan fingerprint density at radius 2 is 2.11 bits per heavy atom. The summed E-state index contributed by atoms with van der Waals surface area (Å²) in [5.41, 5.74) is 2.33. The maximum Gasteiger partial charge on any atom is 0.307 e. The lowest BCUT2D eigenvalue weighted by atomic mass is 10.1. The zero-order valence-electron chi connectivity index (χ0n) is 10.7. The van der Waals surface area contributed by atoms with E-state index in [2.05, 4.69) is 24.4 Å². The van der Waals surface area contributed by atoms with Crippen LogP contribution >= 0.6 is 23.7 Å². The van der Waals surface area contributed by atoms with Crippen LogP contribution in [-0.4, -0.2) is 17.7 Å². The molecule has 0 aliphatic carbocycles. The summed E-state index contributed by atoms with van der Waals surface area (Å²) in [6.07, 6.45) is 2.19. The molecule has 0 radical (unpaired) electrons. The Morgan fingerprint density at radius 1 is 1.33 bits per heavy atom. The minimum absolute atomic E-state index is 0. The fourth-order valence-electron chi connectivity index (χ4n) is 1.87. The van der Waals surface area contributed by atoms with Crippen LogP contribution in [-0.2, 0) is 13.5 Å². The summed E-state index contributed by atoms with van der Waals surface area (Å²) in [6, 6.07) is 6.29. The molecule has 0 bridgehead atoms. The number of nitrogens with zero attached hydrogens (tertiary/aromatic N) is 1. The Balaban J connectivity index is 0.00000162. The molecule has 0 spiro atoms. The van der Waals surface area contributed by atoms with Gasteiger partial charge >= 0.3 is 4.87 Å². The number of hydrogen-bond acceptors (Lipinski definition) is 3. The molecule has 1 aromatic carbocycles. The summed E-state index contributed by atoms with van der Waals surface area (Å²) in [4.78, 5) is 11.6. The fourth-order valence-corrected chi connectivity index (χ4v) is 2.81. The fraction of sp³-hybridized carbons (Fsp3) is 0.462. The van der Waals surface area contributed by atoms with E-state index in [0.717, 1.165) is 29.7 Å². The van der Waals surface area contributed by atoms with E-state index in [9.17, 15) is 4.79 Å². The van der Waals surface area contributed by atoms with Gasteiger partial charge in [0, 0.05) is 7.05 Å². The van der Waals surface area contributed by atoms with Gasteiger partial charge in [-0.2, -0.15) is 0 Å². The lowest BCUT2D eigenvalue weighted by Crippen LogP contribution is -2.17. The first-order valence-corrected chi connectivity index (χ1v) is 6.83. The molecule has 0 unspecified atom stereocenters. The largest absolute Gasteiger partial charge is 0.316 e. The van der Waals surface area contributed by atoms with E-state index in [-0.39, 0.29) is 17.3 Å². The monoisotopic (exact) mass is 286 g/mol. The molecule has 2 aromatic rings. The van der Waals surface area contributed by atoms with Gasteiger partial charge in [0.1, 0.15) is 0 Å². The summed E-state index contributed by atoms with van der Waals surface area (Å²) in [7, 11) is 1.82. The average molecular weight is 287 g/mol. The van der Waals surface area contributed by atoms with Crippen LogP contribution in [0.25, 0.3) is 10.2 Å². The van der Waals surface area contributed by atoms with Gasteiger partial charge in [-0.3, -0.25) is 4.79 Å². The van der Waals surface area contributed by atoms with Crippen molar-refractivity contribution in [3.05, 3.63) is 33.4 Å². The van der Waals surface area contributed by atoms with Crippen LogP contribution in [0.1, 0.15) is 18.9 Å². The summed E-state index contributed by atoms with van der Waals surface area (Å²) >= 11 is 1.32. The van der Waals surface area contributed by atoms with Crippen LogP contribution in [0.15, 0.2) is 23.0 Å². The van der Waals surface area contributed by atoms with Crippen molar-refractivity contribution in [2.75, 3.05) is 13.1 Å². The number of benzene rings is 1. The summed E-state index contributed by atoms with van der Waals surface area (Å²) < 4.78 is 2.80. The zero-order chi connectivity index (χ0) is 12.3. The first-order valence-electron chi connectivity index (χ1n) is 6.01.